The van der Waals surface area contributed by atoms with E-state index in [-0.39, 0.29) is 5.82 Å². The number of rotatable bonds is 3. The smallest absolute Gasteiger partial charge is 0.332 e. The molecule has 0 spiro atoms. The Kier molecular flexibility index (Phi) is 3.71. The predicted octanol–water partition coefficient (Wildman–Crippen LogP) is -2.81. The quantitative estimate of drug-likeness (QED) is 0.401. The first-order valence-electron chi connectivity index (χ1n) is 5.65. The number of anilines is 1. The molecule has 0 aromatic carbocycles. The molecular formula is C10H15N3O6. The van der Waals surface area contributed by atoms with Crippen molar-refractivity contribution < 1.29 is 20.1 Å². The lowest BCUT2D eigenvalue weighted by molar-refractivity contribution is -0.0539. The second-order valence-electron chi connectivity index (χ2n) is 4.17. The largest absolute Gasteiger partial charge is 0.394 e. The minimum absolute atomic E-state index is 0.128. The highest BCUT2D eigenvalue weighted by Crippen LogP contribution is 2.29. The highest BCUT2D eigenvalue weighted by molar-refractivity contribution is 5.33. The third-order valence-corrected chi connectivity index (χ3v) is 3.00. The zero-order valence-electron chi connectivity index (χ0n) is 10.1. The van der Waals surface area contributed by atoms with Gasteiger partial charge in [0, 0.05) is 13.1 Å². The van der Waals surface area contributed by atoms with E-state index in [1.54, 1.807) is 0 Å². The van der Waals surface area contributed by atoms with Gasteiger partial charge in [0.25, 0.3) is 5.56 Å². The molecule has 0 saturated carbocycles. The van der Waals surface area contributed by atoms with Crippen LogP contribution in [0.1, 0.15) is 6.23 Å². The van der Waals surface area contributed by atoms with Gasteiger partial charge in [-0.05, 0) is 0 Å². The summed E-state index contributed by atoms with van der Waals surface area (Å²) in [5, 5.41) is 31.1. The molecule has 1 aromatic rings. The second-order valence-corrected chi connectivity index (χ2v) is 4.17. The van der Waals surface area contributed by atoms with Gasteiger partial charge >= 0.3 is 5.69 Å². The van der Waals surface area contributed by atoms with Gasteiger partial charge in [-0.1, -0.05) is 0 Å². The van der Waals surface area contributed by atoms with E-state index in [0.29, 0.717) is 0 Å². The Hall–Kier alpha value is -1.68. The van der Waals surface area contributed by atoms with E-state index in [1.807, 2.05) is 4.98 Å². The van der Waals surface area contributed by atoms with Crippen LogP contribution in [0.5, 0.6) is 0 Å². The molecule has 0 bridgehead atoms. The van der Waals surface area contributed by atoms with Crippen molar-refractivity contribution in [1.29, 1.82) is 0 Å². The number of nitrogens with zero attached hydrogens (tertiary/aromatic N) is 1. The molecule has 1 aromatic heterocycles. The van der Waals surface area contributed by atoms with Crippen molar-refractivity contribution in [3.05, 3.63) is 26.9 Å². The predicted molar refractivity (Wildman–Crippen MR) is 63.9 cm³/mol. The molecule has 5 N–H and O–H groups in total. The number of nitrogens with one attached hydrogen (secondary N) is 2. The van der Waals surface area contributed by atoms with Crippen LogP contribution in [0.15, 0.2) is 15.7 Å². The van der Waals surface area contributed by atoms with Gasteiger partial charge in [-0.25, -0.2) is 9.36 Å². The number of aliphatic hydroxyl groups excluding tert-OH is 3. The molecule has 1 saturated heterocycles. The van der Waals surface area contributed by atoms with Crippen LogP contribution in [-0.2, 0) is 4.74 Å². The fraction of sp³-hybridized carbons (Fsp3) is 0.600. The van der Waals surface area contributed by atoms with Crippen LogP contribution >= 0.6 is 0 Å². The second kappa shape index (κ2) is 5.13. The van der Waals surface area contributed by atoms with E-state index in [2.05, 4.69) is 5.32 Å². The third kappa shape index (κ3) is 2.28. The molecule has 9 heteroatoms. The summed E-state index contributed by atoms with van der Waals surface area (Å²) in [6, 6.07) is 1.12. The Morgan fingerprint density at radius 2 is 2.11 bits per heavy atom. The highest BCUT2D eigenvalue weighted by Gasteiger charge is 2.44. The van der Waals surface area contributed by atoms with Gasteiger partial charge in [0.2, 0.25) is 0 Å². The average Bonchev–Trinajstić information content (AvgIpc) is 2.65. The van der Waals surface area contributed by atoms with Crippen LogP contribution in [0.25, 0.3) is 0 Å². The SMILES string of the molecule is CNc1cc(=O)[nH]c(=O)n1[C@@H]1O[C@H](CO)[C@@H](O)[C@H]1O. The van der Waals surface area contributed by atoms with Crippen LogP contribution in [-0.4, -0.2) is 56.8 Å². The van der Waals surface area contributed by atoms with Crippen LogP contribution in [0, 0.1) is 0 Å². The minimum Gasteiger partial charge on any atom is -0.394 e. The first-order chi connectivity index (χ1) is 8.99. The molecule has 1 aliphatic heterocycles. The summed E-state index contributed by atoms with van der Waals surface area (Å²) in [5.74, 6) is 0.128. The van der Waals surface area contributed by atoms with E-state index in [4.69, 9.17) is 9.84 Å². The number of hydrogen-bond acceptors (Lipinski definition) is 7. The van der Waals surface area contributed by atoms with Crippen molar-refractivity contribution in [2.75, 3.05) is 19.0 Å². The Morgan fingerprint density at radius 1 is 1.42 bits per heavy atom. The molecule has 2 heterocycles. The molecule has 9 nitrogen and oxygen atoms in total. The zero-order chi connectivity index (χ0) is 14.2. The minimum atomic E-state index is -1.40. The molecule has 0 amide bonds. The van der Waals surface area contributed by atoms with Gasteiger partial charge in [0.1, 0.15) is 24.1 Å². The molecule has 1 fully saturated rings. The third-order valence-electron chi connectivity index (χ3n) is 3.00. The highest BCUT2D eigenvalue weighted by atomic mass is 16.6. The monoisotopic (exact) mass is 273 g/mol. The van der Waals surface area contributed by atoms with Crippen molar-refractivity contribution in [1.82, 2.24) is 9.55 Å². The topological polar surface area (TPSA) is 137 Å². The maximum atomic E-state index is 11.8. The lowest BCUT2D eigenvalue weighted by Gasteiger charge is -2.20. The molecular weight excluding hydrogens is 258 g/mol. The van der Waals surface area contributed by atoms with Crippen molar-refractivity contribution in [2.45, 2.75) is 24.5 Å². The van der Waals surface area contributed by atoms with E-state index >= 15 is 0 Å². The molecule has 106 valence electrons. The van der Waals surface area contributed by atoms with E-state index in [0.717, 1.165) is 10.6 Å². The number of aromatic nitrogens is 2. The maximum absolute atomic E-state index is 11.8. The number of aliphatic hydroxyl groups is 3. The van der Waals surface area contributed by atoms with Crippen molar-refractivity contribution >= 4 is 5.82 Å². The number of ether oxygens (including phenoxy) is 1. The summed E-state index contributed by atoms with van der Waals surface area (Å²) >= 11 is 0. The van der Waals surface area contributed by atoms with Gasteiger partial charge in [-0.15, -0.1) is 0 Å². The number of aromatic amines is 1. The summed E-state index contributed by atoms with van der Waals surface area (Å²) in [6.45, 7) is -0.498. The first-order valence-corrected chi connectivity index (χ1v) is 5.65. The molecule has 0 aliphatic carbocycles. The summed E-state index contributed by atoms with van der Waals surface area (Å²) in [5.41, 5.74) is -1.39. The molecule has 0 unspecified atom stereocenters. The summed E-state index contributed by atoms with van der Waals surface area (Å²) in [6.07, 6.45) is -4.91. The normalized spacial score (nSPS) is 30.5. The van der Waals surface area contributed by atoms with Crippen molar-refractivity contribution in [3.8, 4) is 0 Å². The summed E-state index contributed by atoms with van der Waals surface area (Å²) in [4.78, 5) is 25.0. The van der Waals surface area contributed by atoms with E-state index < -0.39 is 42.4 Å². The van der Waals surface area contributed by atoms with Crippen LogP contribution in [0.2, 0.25) is 0 Å². The fourth-order valence-electron chi connectivity index (χ4n) is 2.04. The zero-order valence-corrected chi connectivity index (χ0v) is 10.1. The Bertz CT molecular complexity index is 567. The standard InChI is InChI=1S/C10H15N3O6/c1-11-5-2-6(15)12-10(18)13(5)9-8(17)7(16)4(3-14)19-9/h2,4,7-9,11,14,16-17H,3H2,1H3,(H,12,15,18)/t4-,7-,8-,9-/m1/s1. The Labute approximate surface area is 107 Å². The summed E-state index contributed by atoms with van der Waals surface area (Å²) in [7, 11) is 1.49. The number of hydrogen-bond donors (Lipinski definition) is 5. The average molecular weight is 273 g/mol. The van der Waals surface area contributed by atoms with Crippen molar-refractivity contribution in [2.24, 2.45) is 0 Å². The molecule has 2 rings (SSSR count). The van der Waals surface area contributed by atoms with Gasteiger partial charge in [-0.3, -0.25) is 9.78 Å². The van der Waals surface area contributed by atoms with E-state index in [1.165, 1.54) is 7.05 Å². The number of H-pyrrole nitrogens is 1. The van der Waals surface area contributed by atoms with Gasteiger partial charge in [0.15, 0.2) is 6.23 Å². The Morgan fingerprint density at radius 3 is 2.63 bits per heavy atom. The van der Waals surface area contributed by atoms with Crippen LogP contribution in [0.3, 0.4) is 0 Å². The maximum Gasteiger partial charge on any atom is 0.332 e. The summed E-state index contributed by atoms with van der Waals surface area (Å²) < 4.78 is 6.21. The first kappa shape index (κ1) is 13.7. The van der Waals surface area contributed by atoms with Gasteiger partial charge < -0.3 is 25.4 Å². The Balaban J connectivity index is 2.48. The van der Waals surface area contributed by atoms with Gasteiger partial charge in [0.05, 0.1) is 6.61 Å². The lowest BCUT2D eigenvalue weighted by Crippen LogP contribution is -2.39. The van der Waals surface area contributed by atoms with Crippen LogP contribution in [0.4, 0.5) is 5.82 Å². The molecule has 4 atom stereocenters. The lowest BCUT2D eigenvalue weighted by atomic mass is 10.1. The van der Waals surface area contributed by atoms with Crippen molar-refractivity contribution in [3.63, 3.8) is 0 Å². The van der Waals surface area contributed by atoms with Gasteiger partial charge in [-0.2, -0.15) is 0 Å². The van der Waals surface area contributed by atoms with E-state index in [9.17, 15) is 19.8 Å². The molecule has 0 radical (unpaired) electrons. The molecule has 19 heavy (non-hydrogen) atoms. The van der Waals surface area contributed by atoms with Crippen LogP contribution < -0.4 is 16.6 Å². The molecule has 1 aliphatic rings. The fourth-order valence-corrected chi connectivity index (χ4v) is 2.04.